The molecule has 5 heteroatoms. The predicted octanol–water partition coefficient (Wildman–Crippen LogP) is 2.93. The Bertz CT molecular complexity index is 325. The molecule has 1 aromatic carbocycles. The van der Waals surface area contributed by atoms with Crippen LogP contribution in [-0.4, -0.2) is 7.11 Å². The van der Waals surface area contributed by atoms with Gasteiger partial charge < -0.3 is 0 Å². The van der Waals surface area contributed by atoms with Gasteiger partial charge in [0.25, 0.3) is 0 Å². The van der Waals surface area contributed by atoms with E-state index in [0.717, 1.165) is 12.1 Å². The van der Waals surface area contributed by atoms with E-state index in [2.05, 4.69) is 10.3 Å². The fraction of sp³-hybridized carbons (Fsp3) is 0.400. The van der Waals surface area contributed by atoms with E-state index in [1.54, 1.807) is 13.0 Å². The van der Waals surface area contributed by atoms with Crippen molar-refractivity contribution in [2.75, 3.05) is 7.11 Å². The van der Waals surface area contributed by atoms with Crippen LogP contribution >= 0.6 is 0 Å². The molecule has 0 aromatic heterocycles. The molecule has 0 aliphatic heterocycles. The summed E-state index contributed by atoms with van der Waals surface area (Å²) in [4.78, 5) is 4.53. The Morgan fingerprint density at radius 2 is 2.00 bits per heavy atom. The third kappa shape index (κ3) is 3.21. The highest BCUT2D eigenvalue weighted by atomic mass is 19.4. The second kappa shape index (κ2) is 4.63. The molecule has 0 aliphatic carbocycles. The molecular weight excluding hydrogens is 207 g/mol. The number of benzene rings is 1. The minimum Gasteiger partial charge on any atom is -0.285 e. The fourth-order valence-electron chi connectivity index (χ4n) is 1.19. The quantitative estimate of drug-likeness (QED) is 0.715. The Hall–Kier alpha value is -1.07. The summed E-state index contributed by atoms with van der Waals surface area (Å²) in [6.07, 6.45) is -4.32. The zero-order valence-electron chi connectivity index (χ0n) is 8.38. The molecule has 0 spiro atoms. The van der Waals surface area contributed by atoms with E-state index in [0.29, 0.717) is 5.56 Å². The first-order valence-electron chi connectivity index (χ1n) is 4.35. The van der Waals surface area contributed by atoms with E-state index in [9.17, 15) is 13.2 Å². The highest BCUT2D eigenvalue weighted by Gasteiger charge is 2.30. The van der Waals surface area contributed by atoms with Gasteiger partial charge >= 0.3 is 6.18 Å². The molecule has 0 amide bonds. The van der Waals surface area contributed by atoms with E-state index >= 15 is 0 Å². The summed E-state index contributed by atoms with van der Waals surface area (Å²) in [5.41, 5.74) is 3.46. The van der Waals surface area contributed by atoms with E-state index in [4.69, 9.17) is 0 Å². The Morgan fingerprint density at radius 3 is 2.53 bits per heavy atom. The summed E-state index contributed by atoms with van der Waals surface area (Å²) >= 11 is 0. The SMILES string of the molecule is CO[N]C(C)c1cccc(C(F)(F)F)c1. The zero-order chi connectivity index (χ0) is 11.5. The van der Waals surface area contributed by atoms with Gasteiger partial charge in [0.2, 0.25) is 0 Å². The van der Waals surface area contributed by atoms with Gasteiger partial charge in [-0.3, -0.25) is 4.84 Å². The Morgan fingerprint density at radius 1 is 1.33 bits per heavy atom. The monoisotopic (exact) mass is 218 g/mol. The average molecular weight is 218 g/mol. The summed E-state index contributed by atoms with van der Waals surface area (Å²) in [5.74, 6) is 0. The third-order valence-electron chi connectivity index (χ3n) is 1.96. The first kappa shape index (κ1) is 12.0. The largest absolute Gasteiger partial charge is 0.416 e. The van der Waals surface area contributed by atoms with Crippen molar-refractivity contribution < 1.29 is 18.0 Å². The van der Waals surface area contributed by atoms with Gasteiger partial charge in [-0.1, -0.05) is 17.6 Å². The van der Waals surface area contributed by atoms with Crippen molar-refractivity contribution in [2.45, 2.75) is 19.1 Å². The van der Waals surface area contributed by atoms with Crippen LogP contribution in [-0.2, 0) is 11.0 Å². The molecule has 0 N–H and O–H groups in total. The normalized spacial score (nSPS) is 13.9. The molecule has 1 aromatic rings. The Kier molecular flexibility index (Phi) is 3.71. The van der Waals surface area contributed by atoms with Crippen LogP contribution in [0.3, 0.4) is 0 Å². The molecule has 1 unspecified atom stereocenters. The molecule has 15 heavy (non-hydrogen) atoms. The zero-order valence-corrected chi connectivity index (χ0v) is 8.38. The Labute approximate surface area is 86.0 Å². The number of alkyl halides is 3. The van der Waals surface area contributed by atoms with Crippen molar-refractivity contribution in [1.82, 2.24) is 5.48 Å². The smallest absolute Gasteiger partial charge is 0.285 e. The van der Waals surface area contributed by atoms with Crippen LogP contribution in [0.25, 0.3) is 0 Å². The van der Waals surface area contributed by atoms with Crippen LogP contribution in [0.15, 0.2) is 24.3 Å². The van der Waals surface area contributed by atoms with E-state index in [1.807, 2.05) is 0 Å². The number of nitrogens with zero attached hydrogens (tertiary/aromatic N) is 1. The Balaban J connectivity index is 2.92. The summed E-state index contributed by atoms with van der Waals surface area (Å²) in [6.45, 7) is 1.67. The van der Waals surface area contributed by atoms with E-state index in [-0.39, 0.29) is 0 Å². The second-order valence-corrected chi connectivity index (χ2v) is 3.09. The third-order valence-corrected chi connectivity index (χ3v) is 1.96. The lowest BCUT2D eigenvalue weighted by molar-refractivity contribution is -0.137. The van der Waals surface area contributed by atoms with Crippen LogP contribution in [0.4, 0.5) is 13.2 Å². The van der Waals surface area contributed by atoms with Crippen LogP contribution in [0.5, 0.6) is 0 Å². The lowest BCUT2D eigenvalue weighted by Crippen LogP contribution is -2.11. The van der Waals surface area contributed by atoms with Crippen molar-refractivity contribution in [3.63, 3.8) is 0 Å². The summed E-state index contributed by atoms with van der Waals surface area (Å²) in [7, 11) is 1.37. The van der Waals surface area contributed by atoms with Gasteiger partial charge in [0, 0.05) is 0 Å². The molecule has 1 atom stereocenters. The van der Waals surface area contributed by atoms with Crippen LogP contribution in [0.1, 0.15) is 24.1 Å². The summed E-state index contributed by atoms with van der Waals surface area (Å²) in [6, 6.07) is 4.65. The number of hydrogen-bond donors (Lipinski definition) is 0. The molecule has 0 saturated carbocycles. The van der Waals surface area contributed by atoms with Gasteiger partial charge in [-0.15, -0.1) is 0 Å². The van der Waals surface area contributed by atoms with Crippen LogP contribution in [0.2, 0.25) is 0 Å². The van der Waals surface area contributed by atoms with Gasteiger partial charge in [0.1, 0.15) is 0 Å². The van der Waals surface area contributed by atoms with Crippen molar-refractivity contribution in [3.8, 4) is 0 Å². The highest BCUT2D eigenvalue weighted by Crippen LogP contribution is 2.30. The highest BCUT2D eigenvalue weighted by molar-refractivity contribution is 5.27. The fourth-order valence-corrected chi connectivity index (χ4v) is 1.19. The predicted molar refractivity (Wildman–Crippen MR) is 49.0 cm³/mol. The number of halogens is 3. The first-order chi connectivity index (χ1) is 6.95. The molecule has 0 aliphatic rings. The van der Waals surface area contributed by atoms with Crippen molar-refractivity contribution in [1.29, 1.82) is 0 Å². The molecule has 1 radical (unpaired) electrons. The van der Waals surface area contributed by atoms with Gasteiger partial charge in [0.15, 0.2) is 0 Å². The van der Waals surface area contributed by atoms with Crippen molar-refractivity contribution >= 4 is 0 Å². The van der Waals surface area contributed by atoms with Gasteiger partial charge in [0.05, 0.1) is 18.7 Å². The van der Waals surface area contributed by atoms with Crippen LogP contribution < -0.4 is 5.48 Å². The molecule has 0 saturated heterocycles. The second-order valence-electron chi connectivity index (χ2n) is 3.09. The summed E-state index contributed by atoms with van der Waals surface area (Å²) in [5, 5.41) is 0. The molecule has 0 heterocycles. The minimum atomic E-state index is -4.32. The number of rotatable bonds is 3. The van der Waals surface area contributed by atoms with E-state index in [1.165, 1.54) is 13.2 Å². The maximum Gasteiger partial charge on any atom is 0.416 e. The molecule has 2 nitrogen and oxygen atoms in total. The maximum atomic E-state index is 12.4. The molecular formula is C10H11F3NO. The number of hydroxylamine groups is 1. The van der Waals surface area contributed by atoms with Crippen LogP contribution in [0, 0.1) is 0 Å². The molecule has 0 bridgehead atoms. The molecule has 83 valence electrons. The van der Waals surface area contributed by atoms with Gasteiger partial charge in [-0.05, 0) is 24.6 Å². The van der Waals surface area contributed by atoms with Gasteiger partial charge in [-0.2, -0.15) is 13.2 Å². The minimum absolute atomic E-state index is 0.405. The average Bonchev–Trinajstić information content (AvgIpc) is 2.17. The lowest BCUT2D eigenvalue weighted by Gasteiger charge is -2.12. The molecule has 0 fully saturated rings. The first-order valence-corrected chi connectivity index (χ1v) is 4.35. The standard InChI is InChI=1S/C10H11F3NO/c1-7(14-15-2)8-4-3-5-9(6-8)10(11,12)13/h3-7H,1-2H3. The number of hydrogen-bond acceptors (Lipinski definition) is 1. The maximum absolute atomic E-state index is 12.4. The van der Waals surface area contributed by atoms with Gasteiger partial charge in [-0.25, -0.2) is 0 Å². The topological polar surface area (TPSA) is 23.3 Å². The van der Waals surface area contributed by atoms with Crippen molar-refractivity contribution in [3.05, 3.63) is 35.4 Å². The lowest BCUT2D eigenvalue weighted by atomic mass is 10.1. The van der Waals surface area contributed by atoms with Crippen molar-refractivity contribution in [2.24, 2.45) is 0 Å². The van der Waals surface area contributed by atoms with E-state index < -0.39 is 17.8 Å². The molecule has 1 rings (SSSR count). The summed E-state index contributed by atoms with van der Waals surface area (Å²) < 4.78 is 37.1.